The molecule has 5 heteroatoms. The Morgan fingerprint density at radius 2 is 2.05 bits per heavy atom. The number of ether oxygens (including phenoxy) is 1. The average molecular weight is 267 g/mol. The molecule has 5 nitrogen and oxygen atoms in total. The lowest BCUT2D eigenvalue weighted by atomic mass is 10.1. The molecule has 0 saturated carbocycles. The van der Waals surface area contributed by atoms with Crippen molar-refractivity contribution < 1.29 is 9.53 Å². The maximum absolute atomic E-state index is 11.6. The lowest BCUT2D eigenvalue weighted by Crippen LogP contribution is -2.09. The van der Waals surface area contributed by atoms with Gasteiger partial charge in [-0.15, -0.1) is 0 Å². The van der Waals surface area contributed by atoms with E-state index in [1.54, 1.807) is 0 Å². The monoisotopic (exact) mass is 267 g/mol. The van der Waals surface area contributed by atoms with E-state index in [1.807, 2.05) is 43.5 Å². The summed E-state index contributed by atoms with van der Waals surface area (Å²) >= 11 is 0. The third kappa shape index (κ3) is 2.03. The number of benzene rings is 1. The van der Waals surface area contributed by atoms with Crippen molar-refractivity contribution in [2.24, 2.45) is 0 Å². The molecular formula is C15H13N3O2. The molecule has 3 rings (SSSR count). The second-order valence-electron chi connectivity index (χ2n) is 4.46. The van der Waals surface area contributed by atoms with Gasteiger partial charge in [-0.05, 0) is 19.1 Å². The predicted octanol–water partition coefficient (Wildman–Crippen LogP) is 2.72. The van der Waals surface area contributed by atoms with E-state index >= 15 is 0 Å². The summed E-state index contributed by atoms with van der Waals surface area (Å²) in [5.74, 6) is -0.456. The molecule has 0 amide bonds. The minimum absolute atomic E-state index is 0.0766. The number of hydrogen-bond acceptors (Lipinski definition) is 4. The van der Waals surface area contributed by atoms with Crippen molar-refractivity contribution in [3.63, 3.8) is 0 Å². The van der Waals surface area contributed by atoms with Gasteiger partial charge in [-0.25, -0.2) is 14.8 Å². The fourth-order valence-corrected chi connectivity index (χ4v) is 2.17. The van der Waals surface area contributed by atoms with Crippen LogP contribution in [0.15, 0.2) is 36.5 Å². The maximum atomic E-state index is 11.6. The van der Waals surface area contributed by atoms with Crippen LogP contribution >= 0.6 is 0 Å². The van der Waals surface area contributed by atoms with Crippen LogP contribution in [-0.4, -0.2) is 28.0 Å². The second-order valence-corrected chi connectivity index (χ2v) is 4.46. The van der Waals surface area contributed by atoms with Gasteiger partial charge in [0.05, 0.1) is 12.8 Å². The summed E-state index contributed by atoms with van der Waals surface area (Å²) in [6.07, 6.45) is 1.88. The number of para-hydroxylation sites is 1. The fraction of sp³-hybridized carbons (Fsp3) is 0.133. The summed E-state index contributed by atoms with van der Waals surface area (Å²) in [4.78, 5) is 23.2. The Hall–Kier alpha value is -2.69. The first-order valence-electron chi connectivity index (χ1n) is 6.19. The smallest absolute Gasteiger partial charge is 0.376 e. The zero-order valence-corrected chi connectivity index (χ0v) is 11.2. The van der Waals surface area contributed by atoms with E-state index in [2.05, 4.69) is 19.7 Å². The molecule has 0 aliphatic heterocycles. The van der Waals surface area contributed by atoms with Crippen LogP contribution in [0.3, 0.4) is 0 Å². The molecule has 2 heterocycles. The van der Waals surface area contributed by atoms with E-state index in [1.165, 1.54) is 7.11 Å². The van der Waals surface area contributed by atoms with Crippen LogP contribution in [-0.2, 0) is 4.74 Å². The lowest BCUT2D eigenvalue weighted by Gasteiger charge is -2.04. The first-order valence-corrected chi connectivity index (χ1v) is 6.19. The van der Waals surface area contributed by atoms with Gasteiger partial charge in [-0.1, -0.05) is 18.2 Å². The van der Waals surface area contributed by atoms with Crippen molar-refractivity contribution in [2.45, 2.75) is 6.92 Å². The topological polar surface area (TPSA) is 67.9 Å². The third-order valence-electron chi connectivity index (χ3n) is 3.09. The molecule has 3 aromatic rings. The van der Waals surface area contributed by atoms with Gasteiger partial charge in [0.2, 0.25) is 5.82 Å². The summed E-state index contributed by atoms with van der Waals surface area (Å²) < 4.78 is 4.68. The largest absolute Gasteiger partial charge is 0.463 e. The number of hydrogen-bond donors (Lipinski definition) is 1. The lowest BCUT2D eigenvalue weighted by molar-refractivity contribution is 0.0586. The van der Waals surface area contributed by atoms with E-state index in [4.69, 9.17) is 0 Å². The third-order valence-corrected chi connectivity index (χ3v) is 3.09. The van der Waals surface area contributed by atoms with Gasteiger partial charge < -0.3 is 9.72 Å². The Morgan fingerprint density at radius 1 is 1.25 bits per heavy atom. The summed E-state index contributed by atoms with van der Waals surface area (Å²) in [6, 6.07) is 9.79. The number of nitrogens with one attached hydrogen (secondary N) is 1. The van der Waals surface area contributed by atoms with E-state index < -0.39 is 5.97 Å². The van der Waals surface area contributed by atoms with Crippen LogP contribution in [0.4, 0.5) is 0 Å². The highest BCUT2D eigenvalue weighted by Crippen LogP contribution is 2.27. The van der Waals surface area contributed by atoms with Crippen molar-refractivity contribution in [1.82, 2.24) is 15.0 Å². The van der Waals surface area contributed by atoms with Gasteiger partial charge in [0.1, 0.15) is 0 Å². The van der Waals surface area contributed by atoms with Crippen molar-refractivity contribution in [2.75, 3.05) is 7.11 Å². The molecule has 1 N–H and O–H groups in total. The van der Waals surface area contributed by atoms with E-state index in [0.717, 1.165) is 22.2 Å². The number of nitrogens with zero attached hydrogens (tertiary/aromatic N) is 2. The van der Waals surface area contributed by atoms with Crippen molar-refractivity contribution in [1.29, 1.82) is 0 Å². The number of carbonyl (C=O) groups is 1. The molecule has 0 fully saturated rings. The zero-order chi connectivity index (χ0) is 14.1. The quantitative estimate of drug-likeness (QED) is 0.725. The molecular weight excluding hydrogens is 254 g/mol. The maximum Gasteiger partial charge on any atom is 0.376 e. The molecule has 0 unspecified atom stereocenters. The van der Waals surface area contributed by atoms with Gasteiger partial charge in [-0.2, -0.15) is 0 Å². The molecule has 0 bridgehead atoms. The number of aryl methyl sites for hydroxylation is 1. The Labute approximate surface area is 115 Å². The number of methoxy groups -OCH3 is 1. The van der Waals surface area contributed by atoms with E-state index in [9.17, 15) is 4.79 Å². The molecule has 0 radical (unpaired) electrons. The van der Waals surface area contributed by atoms with Gasteiger partial charge in [0.25, 0.3) is 0 Å². The predicted molar refractivity (Wildman–Crippen MR) is 75.4 cm³/mol. The number of aromatic nitrogens is 3. The number of rotatable bonds is 2. The Morgan fingerprint density at radius 3 is 2.85 bits per heavy atom. The molecule has 0 spiro atoms. The minimum Gasteiger partial charge on any atom is -0.463 e. The normalized spacial score (nSPS) is 10.7. The summed E-state index contributed by atoms with van der Waals surface area (Å²) in [5, 5.41) is 1.06. The number of carbonyl (C=O) groups excluding carboxylic acids is 1. The van der Waals surface area contributed by atoms with Crippen LogP contribution < -0.4 is 0 Å². The van der Waals surface area contributed by atoms with Crippen molar-refractivity contribution in [3.05, 3.63) is 48.0 Å². The van der Waals surface area contributed by atoms with Crippen LogP contribution in [0, 0.1) is 6.92 Å². The molecule has 100 valence electrons. The van der Waals surface area contributed by atoms with Crippen LogP contribution in [0.25, 0.3) is 22.2 Å². The zero-order valence-electron chi connectivity index (χ0n) is 11.2. The standard InChI is InChI=1S/C15H13N3O2/c1-9-7-13(18-14(17-9)15(19)20-2)11-8-16-12-6-4-3-5-10(11)12/h3-8,16H,1-2H3. The summed E-state index contributed by atoms with van der Waals surface area (Å²) in [5.41, 5.74) is 3.39. The fourth-order valence-electron chi connectivity index (χ4n) is 2.17. The minimum atomic E-state index is -0.533. The number of esters is 1. The van der Waals surface area contributed by atoms with E-state index in [-0.39, 0.29) is 5.82 Å². The molecule has 0 atom stereocenters. The van der Waals surface area contributed by atoms with Crippen molar-refractivity contribution >= 4 is 16.9 Å². The molecule has 1 aromatic carbocycles. The second kappa shape index (κ2) is 4.77. The SMILES string of the molecule is COC(=O)c1nc(C)cc(-c2c[nH]c3ccccc23)n1. The van der Waals surface area contributed by atoms with E-state index in [0.29, 0.717) is 5.69 Å². The number of H-pyrrole nitrogens is 1. The molecule has 0 saturated heterocycles. The summed E-state index contributed by atoms with van der Waals surface area (Å²) in [7, 11) is 1.32. The van der Waals surface area contributed by atoms with Gasteiger partial charge >= 0.3 is 5.97 Å². The molecule has 20 heavy (non-hydrogen) atoms. The molecule has 0 aliphatic carbocycles. The van der Waals surface area contributed by atoms with Crippen molar-refractivity contribution in [3.8, 4) is 11.3 Å². The first-order chi connectivity index (χ1) is 9.69. The highest BCUT2D eigenvalue weighted by Gasteiger charge is 2.14. The molecule has 0 aliphatic rings. The number of aromatic amines is 1. The Kier molecular flexibility index (Phi) is 2.95. The molecule has 2 aromatic heterocycles. The average Bonchev–Trinajstić information content (AvgIpc) is 2.89. The number of fused-ring (bicyclic) bond motifs is 1. The van der Waals surface area contributed by atoms with Gasteiger partial charge in [0, 0.05) is 28.4 Å². The first kappa shape index (κ1) is 12.3. The summed E-state index contributed by atoms with van der Waals surface area (Å²) in [6.45, 7) is 1.83. The highest BCUT2D eigenvalue weighted by molar-refractivity contribution is 5.95. The van der Waals surface area contributed by atoms with Crippen LogP contribution in [0.2, 0.25) is 0 Å². The Bertz CT molecular complexity index is 793. The Balaban J connectivity index is 2.19. The van der Waals surface area contributed by atoms with Crippen LogP contribution in [0.5, 0.6) is 0 Å². The highest BCUT2D eigenvalue weighted by atomic mass is 16.5. The van der Waals surface area contributed by atoms with Gasteiger partial charge in [0.15, 0.2) is 0 Å². The van der Waals surface area contributed by atoms with Gasteiger partial charge in [-0.3, -0.25) is 0 Å². The van der Waals surface area contributed by atoms with Crippen LogP contribution in [0.1, 0.15) is 16.3 Å².